The first-order valence-electron chi connectivity index (χ1n) is 9.29. The second kappa shape index (κ2) is 10.0. The van der Waals surface area contributed by atoms with Gasteiger partial charge in [0.2, 0.25) is 5.91 Å². The molecule has 3 rings (SSSR count). The van der Waals surface area contributed by atoms with Gasteiger partial charge in [0.05, 0.1) is 0 Å². The molecule has 3 amide bonds. The lowest BCUT2D eigenvalue weighted by Gasteiger charge is -2.31. The minimum Gasteiger partial charge on any atom is -0.337 e. The number of para-hydroxylation sites is 1. The van der Waals surface area contributed by atoms with Gasteiger partial charge in [-0.1, -0.05) is 36.4 Å². The Morgan fingerprint density at radius 1 is 0.963 bits per heavy atom. The largest absolute Gasteiger partial charge is 0.337 e. The van der Waals surface area contributed by atoms with Gasteiger partial charge in [-0.15, -0.1) is 11.8 Å². The molecule has 1 fully saturated rings. The molecule has 2 aromatic rings. The number of urea groups is 1. The van der Waals surface area contributed by atoms with Gasteiger partial charge in [0.1, 0.15) is 0 Å². The fourth-order valence-corrected chi connectivity index (χ4v) is 3.86. The molecule has 6 heteroatoms. The Morgan fingerprint density at radius 3 is 2.26 bits per heavy atom. The molecule has 0 aliphatic carbocycles. The van der Waals surface area contributed by atoms with Crippen LogP contribution in [-0.2, 0) is 4.79 Å². The van der Waals surface area contributed by atoms with Crippen molar-refractivity contribution in [3.05, 3.63) is 60.7 Å². The lowest BCUT2D eigenvalue weighted by Crippen LogP contribution is -2.46. The van der Waals surface area contributed by atoms with Crippen molar-refractivity contribution in [2.45, 2.75) is 17.7 Å². The number of nitrogens with zero attached hydrogens (tertiary/aromatic N) is 1. The van der Waals surface area contributed by atoms with E-state index in [9.17, 15) is 9.59 Å². The predicted octanol–water partition coefficient (Wildman–Crippen LogP) is 3.84. The summed E-state index contributed by atoms with van der Waals surface area (Å²) in [7, 11) is 0. The van der Waals surface area contributed by atoms with Gasteiger partial charge < -0.3 is 15.5 Å². The van der Waals surface area contributed by atoms with E-state index >= 15 is 0 Å². The number of rotatable bonds is 6. The number of amides is 3. The summed E-state index contributed by atoms with van der Waals surface area (Å²) >= 11 is 1.73. The van der Waals surface area contributed by atoms with E-state index in [2.05, 4.69) is 22.8 Å². The molecule has 27 heavy (non-hydrogen) atoms. The molecular formula is C21H25N3O2S. The van der Waals surface area contributed by atoms with Crippen LogP contribution >= 0.6 is 11.8 Å². The maximum Gasteiger partial charge on any atom is 0.317 e. The first kappa shape index (κ1) is 19.3. The van der Waals surface area contributed by atoms with Gasteiger partial charge >= 0.3 is 6.03 Å². The lowest BCUT2D eigenvalue weighted by molar-refractivity contribution is -0.121. The summed E-state index contributed by atoms with van der Waals surface area (Å²) in [6.45, 7) is 1.86. The molecule has 1 aliphatic heterocycles. The Labute approximate surface area is 164 Å². The molecular weight excluding hydrogens is 358 g/mol. The zero-order valence-electron chi connectivity index (χ0n) is 15.3. The number of benzene rings is 2. The van der Waals surface area contributed by atoms with Gasteiger partial charge in [-0.3, -0.25) is 4.79 Å². The summed E-state index contributed by atoms with van der Waals surface area (Å²) in [5.41, 5.74) is 0.818. The molecule has 0 spiro atoms. The minimum absolute atomic E-state index is 0.0365. The van der Waals surface area contributed by atoms with Crippen LogP contribution in [0.2, 0.25) is 0 Å². The Kier molecular flexibility index (Phi) is 7.16. The van der Waals surface area contributed by atoms with Crippen LogP contribution in [0.25, 0.3) is 0 Å². The highest BCUT2D eigenvalue weighted by atomic mass is 32.2. The minimum atomic E-state index is -0.0390. The molecule has 0 saturated carbocycles. The summed E-state index contributed by atoms with van der Waals surface area (Å²) in [4.78, 5) is 27.6. The number of likely N-dealkylation sites (tertiary alicyclic amines) is 1. The van der Waals surface area contributed by atoms with Crippen LogP contribution in [0.15, 0.2) is 65.6 Å². The Morgan fingerprint density at radius 2 is 1.59 bits per heavy atom. The van der Waals surface area contributed by atoms with Crippen molar-refractivity contribution in [1.82, 2.24) is 10.2 Å². The second-order valence-corrected chi connectivity index (χ2v) is 7.68. The second-order valence-electron chi connectivity index (χ2n) is 6.51. The van der Waals surface area contributed by atoms with Gasteiger partial charge in [-0.2, -0.15) is 0 Å². The number of anilines is 1. The van der Waals surface area contributed by atoms with Crippen molar-refractivity contribution < 1.29 is 9.59 Å². The van der Waals surface area contributed by atoms with Crippen LogP contribution in [0.1, 0.15) is 12.8 Å². The van der Waals surface area contributed by atoms with Crippen molar-refractivity contribution in [3.63, 3.8) is 0 Å². The van der Waals surface area contributed by atoms with Gasteiger partial charge in [0, 0.05) is 41.9 Å². The third-order valence-electron chi connectivity index (χ3n) is 4.58. The van der Waals surface area contributed by atoms with Crippen molar-refractivity contribution in [1.29, 1.82) is 0 Å². The average Bonchev–Trinajstić information content (AvgIpc) is 2.72. The van der Waals surface area contributed by atoms with E-state index < -0.39 is 0 Å². The van der Waals surface area contributed by atoms with Gasteiger partial charge in [0.15, 0.2) is 0 Å². The lowest BCUT2D eigenvalue weighted by atomic mass is 9.96. The Hall–Kier alpha value is -2.47. The van der Waals surface area contributed by atoms with E-state index in [0.29, 0.717) is 32.5 Å². The summed E-state index contributed by atoms with van der Waals surface area (Å²) in [5, 5.41) is 5.92. The Balaban J connectivity index is 1.34. The highest BCUT2D eigenvalue weighted by molar-refractivity contribution is 7.99. The molecule has 2 aromatic carbocycles. The third-order valence-corrected chi connectivity index (χ3v) is 5.60. The summed E-state index contributed by atoms with van der Waals surface area (Å²) in [6, 6.07) is 19.6. The van der Waals surface area contributed by atoms with Gasteiger partial charge in [0.25, 0.3) is 0 Å². The number of hydrogen-bond acceptors (Lipinski definition) is 3. The molecule has 0 bridgehead atoms. The fraction of sp³-hybridized carbons (Fsp3) is 0.333. The van der Waals surface area contributed by atoms with Crippen LogP contribution in [0.3, 0.4) is 0 Å². The zero-order chi connectivity index (χ0) is 18.9. The van der Waals surface area contributed by atoms with Crippen LogP contribution in [-0.4, -0.2) is 42.2 Å². The van der Waals surface area contributed by atoms with E-state index in [1.54, 1.807) is 16.7 Å². The fourth-order valence-electron chi connectivity index (χ4n) is 3.07. The summed E-state index contributed by atoms with van der Waals surface area (Å²) in [5.74, 6) is 0.842. The van der Waals surface area contributed by atoms with E-state index in [-0.39, 0.29) is 17.9 Å². The molecule has 1 heterocycles. The van der Waals surface area contributed by atoms with E-state index in [1.807, 2.05) is 48.5 Å². The summed E-state index contributed by atoms with van der Waals surface area (Å²) in [6.07, 6.45) is 1.40. The molecule has 1 saturated heterocycles. The van der Waals surface area contributed by atoms with Gasteiger partial charge in [-0.25, -0.2) is 4.79 Å². The molecule has 0 radical (unpaired) electrons. The average molecular weight is 384 g/mol. The van der Waals surface area contributed by atoms with Crippen LogP contribution in [0.5, 0.6) is 0 Å². The van der Waals surface area contributed by atoms with Crippen molar-refractivity contribution >= 4 is 29.4 Å². The quantitative estimate of drug-likeness (QED) is 0.589. The number of nitrogens with one attached hydrogen (secondary N) is 2. The van der Waals surface area contributed by atoms with Crippen molar-refractivity contribution in [2.24, 2.45) is 5.92 Å². The molecule has 0 aromatic heterocycles. The number of carbonyl (C=O) groups excluding carboxylic acids is 2. The van der Waals surface area contributed by atoms with Crippen LogP contribution in [0.4, 0.5) is 10.5 Å². The van der Waals surface area contributed by atoms with E-state index in [0.717, 1.165) is 11.4 Å². The highest BCUT2D eigenvalue weighted by Gasteiger charge is 2.27. The SMILES string of the molecule is O=C(Nc1ccccc1)C1CCN(C(=O)NCCSc2ccccc2)CC1. The normalized spacial score (nSPS) is 14.6. The molecule has 0 unspecified atom stereocenters. The molecule has 5 nitrogen and oxygen atoms in total. The standard InChI is InChI=1S/C21H25N3O2S/c25-20(23-18-7-3-1-4-8-18)17-11-14-24(15-12-17)21(26)22-13-16-27-19-9-5-2-6-10-19/h1-10,17H,11-16H2,(H,22,26)(H,23,25). The molecule has 1 aliphatic rings. The van der Waals surface area contributed by atoms with Gasteiger partial charge in [-0.05, 0) is 37.1 Å². The number of thioether (sulfide) groups is 1. The third kappa shape index (κ3) is 6.03. The predicted molar refractivity (Wildman–Crippen MR) is 110 cm³/mol. The van der Waals surface area contributed by atoms with E-state index in [1.165, 1.54) is 4.90 Å². The number of carbonyl (C=O) groups is 2. The topological polar surface area (TPSA) is 61.4 Å². The highest BCUT2D eigenvalue weighted by Crippen LogP contribution is 2.20. The monoisotopic (exact) mass is 383 g/mol. The maximum atomic E-state index is 12.4. The molecule has 142 valence electrons. The summed E-state index contributed by atoms with van der Waals surface area (Å²) < 4.78 is 0. The smallest absolute Gasteiger partial charge is 0.317 e. The van der Waals surface area contributed by atoms with Crippen molar-refractivity contribution in [2.75, 3.05) is 30.7 Å². The van der Waals surface area contributed by atoms with E-state index in [4.69, 9.17) is 0 Å². The van der Waals surface area contributed by atoms with Crippen LogP contribution < -0.4 is 10.6 Å². The molecule has 2 N–H and O–H groups in total. The number of hydrogen-bond donors (Lipinski definition) is 2. The van der Waals surface area contributed by atoms with Crippen molar-refractivity contribution in [3.8, 4) is 0 Å². The first-order chi connectivity index (χ1) is 13.2. The zero-order valence-corrected chi connectivity index (χ0v) is 16.1. The number of piperidine rings is 1. The van der Waals surface area contributed by atoms with Crippen LogP contribution in [0, 0.1) is 5.92 Å². The Bertz CT molecular complexity index is 732. The molecule has 0 atom stereocenters. The first-order valence-corrected chi connectivity index (χ1v) is 10.3. The maximum absolute atomic E-state index is 12.4.